The van der Waals surface area contributed by atoms with Gasteiger partial charge in [-0.05, 0) is 25.0 Å². The average Bonchev–Trinajstić information content (AvgIpc) is 2.48. The highest BCUT2D eigenvalue weighted by molar-refractivity contribution is 7.89. The number of piperidine rings is 1. The van der Waals surface area contributed by atoms with Crippen molar-refractivity contribution in [1.82, 2.24) is 9.21 Å². The zero-order chi connectivity index (χ0) is 16.4. The lowest BCUT2D eigenvalue weighted by molar-refractivity contribution is -0.0256. The molecule has 0 spiro atoms. The number of hydrogen-bond acceptors (Lipinski definition) is 4. The molecular formula is C14H20N2O5S. The topological polar surface area (TPSA) is 98.2 Å². The van der Waals surface area contributed by atoms with Gasteiger partial charge in [0.2, 0.25) is 10.0 Å². The molecule has 7 nitrogen and oxygen atoms in total. The van der Waals surface area contributed by atoms with Crippen LogP contribution in [0.5, 0.6) is 0 Å². The number of carboxylic acid groups (broad SMARTS) is 1. The predicted molar refractivity (Wildman–Crippen MR) is 80.0 cm³/mol. The number of sulfonamides is 1. The molecule has 0 aromatic heterocycles. The summed E-state index contributed by atoms with van der Waals surface area (Å²) >= 11 is 0. The van der Waals surface area contributed by atoms with Gasteiger partial charge in [0.15, 0.2) is 0 Å². The lowest BCUT2D eigenvalue weighted by Crippen LogP contribution is -2.52. The van der Waals surface area contributed by atoms with Gasteiger partial charge in [-0.25, -0.2) is 13.2 Å². The predicted octanol–water partition coefficient (Wildman–Crippen LogP) is 0.812. The van der Waals surface area contributed by atoms with Gasteiger partial charge in [-0.3, -0.25) is 0 Å². The van der Waals surface area contributed by atoms with E-state index in [1.54, 1.807) is 18.2 Å². The summed E-state index contributed by atoms with van der Waals surface area (Å²) in [4.78, 5) is 12.3. The molecular weight excluding hydrogens is 308 g/mol. The Morgan fingerprint density at radius 2 is 1.82 bits per heavy atom. The van der Waals surface area contributed by atoms with Crippen molar-refractivity contribution in [2.45, 2.75) is 23.3 Å². The highest BCUT2D eigenvalue weighted by Gasteiger charge is 2.37. The fourth-order valence-electron chi connectivity index (χ4n) is 2.54. The molecule has 0 saturated carbocycles. The summed E-state index contributed by atoms with van der Waals surface area (Å²) < 4.78 is 26.0. The Kier molecular flexibility index (Phi) is 4.74. The Bertz CT molecular complexity index is 624. The van der Waals surface area contributed by atoms with Crippen LogP contribution in [0.3, 0.4) is 0 Å². The Labute approximate surface area is 129 Å². The number of aliphatic hydroxyl groups is 1. The van der Waals surface area contributed by atoms with Crippen LogP contribution in [-0.4, -0.2) is 66.2 Å². The second kappa shape index (κ2) is 6.23. The summed E-state index contributed by atoms with van der Waals surface area (Å²) in [6.45, 7) is 0.341. The Hall–Kier alpha value is -1.64. The summed E-state index contributed by atoms with van der Waals surface area (Å²) in [5.41, 5.74) is -1.21. The van der Waals surface area contributed by atoms with Crippen molar-refractivity contribution in [3.8, 4) is 0 Å². The van der Waals surface area contributed by atoms with Crippen LogP contribution in [0.4, 0.5) is 4.79 Å². The van der Waals surface area contributed by atoms with Crippen molar-refractivity contribution in [3.05, 3.63) is 30.3 Å². The van der Waals surface area contributed by atoms with Gasteiger partial charge in [0.05, 0.1) is 10.5 Å². The molecule has 2 rings (SSSR count). The molecule has 1 amide bonds. The number of benzene rings is 1. The van der Waals surface area contributed by atoms with Crippen molar-refractivity contribution < 1.29 is 23.4 Å². The Balaban J connectivity index is 2.06. The minimum atomic E-state index is -3.66. The first kappa shape index (κ1) is 16.7. The Morgan fingerprint density at radius 3 is 2.32 bits per heavy atom. The monoisotopic (exact) mass is 328 g/mol. The van der Waals surface area contributed by atoms with E-state index in [1.165, 1.54) is 24.1 Å². The van der Waals surface area contributed by atoms with Crippen LogP contribution in [0.1, 0.15) is 12.8 Å². The van der Waals surface area contributed by atoms with Crippen molar-refractivity contribution >= 4 is 16.1 Å². The number of rotatable bonds is 4. The molecule has 1 aromatic carbocycles. The van der Waals surface area contributed by atoms with Crippen molar-refractivity contribution in [3.63, 3.8) is 0 Å². The summed E-state index contributed by atoms with van der Waals surface area (Å²) in [5.74, 6) is 0. The molecule has 8 heteroatoms. The molecule has 0 atom stereocenters. The van der Waals surface area contributed by atoms with E-state index in [4.69, 9.17) is 5.11 Å². The van der Waals surface area contributed by atoms with Gasteiger partial charge in [0.1, 0.15) is 0 Å². The first-order chi connectivity index (χ1) is 10.2. The zero-order valence-electron chi connectivity index (χ0n) is 12.3. The van der Waals surface area contributed by atoms with E-state index in [1.807, 2.05) is 0 Å². The maximum absolute atomic E-state index is 12.4. The third kappa shape index (κ3) is 3.57. The number of nitrogens with zero attached hydrogens (tertiary/aromatic N) is 2. The van der Waals surface area contributed by atoms with Crippen LogP contribution < -0.4 is 0 Å². The minimum absolute atomic E-state index is 0.0579. The maximum Gasteiger partial charge on any atom is 0.407 e. The van der Waals surface area contributed by atoms with Crippen molar-refractivity contribution in [1.29, 1.82) is 0 Å². The molecule has 1 aromatic rings. The largest absolute Gasteiger partial charge is 0.465 e. The average molecular weight is 328 g/mol. The van der Waals surface area contributed by atoms with Crippen LogP contribution in [0, 0.1) is 0 Å². The van der Waals surface area contributed by atoms with Crippen LogP contribution in [0.2, 0.25) is 0 Å². The molecule has 1 heterocycles. The van der Waals surface area contributed by atoms with Gasteiger partial charge in [-0.15, -0.1) is 0 Å². The molecule has 0 bridgehead atoms. The zero-order valence-corrected chi connectivity index (χ0v) is 13.2. The molecule has 1 aliphatic rings. The summed E-state index contributed by atoms with van der Waals surface area (Å²) in [6, 6.07) is 8.02. The lowest BCUT2D eigenvalue weighted by Gasteiger charge is -2.38. The fraction of sp³-hybridized carbons (Fsp3) is 0.500. The first-order valence-corrected chi connectivity index (χ1v) is 8.40. The number of amides is 1. The third-order valence-corrected chi connectivity index (χ3v) is 5.75. The van der Waals surface area contributed by atoms with Crippen LogP contribution in [0.15, 0.2) is 35.2 Å². The number of carbonyl (C=O) groups is 1. The van der Waals surface area contributed by atoms with E-state index >= 15 is 0 Å². The smallest absolute Gasteiger partial charge is 0.407 e. The molecule has 1 aliphatic heterocycles. The van der Waals surface area contributed by atoms with E-state index in [2.05, 4.69) is 0 Å². The van der Waals surface area contributed by atoms with E-state index < -0.39 is 21.7 Å². The van der Waals surface area contributed by atoms with Gasteiger partial charge < -0.3 is 15.1 Å². The molecule has 0 radical (unpaired) electrons. The van der Waals surface area contributed by atoms with Crippen LogP contribution >= 0.6 is 0 Å². The third-order valence-electron chi connectivity index (χ3n) is 3.93. The van der Waals surface area contributed by atoms with Gasteiger partial charge in [-0.1, -0.05) is 18.2 Å². The standard InChI is InChI=1S/C14H20N2O5S/c1-15(22(20,21)12-5-3-2-4-6-12)11-14(19)7-9-16(10-8-14)13(17)18/h2-6,19H,7-11H2,1H3,(H,17,18). The molecule has 0 unspecified atom stereocenters. The summed E-state index contributed by atoms with van der Waals surface area (Å²) in [6.07, 6.45) is -0.589. The highest BCUT2D eigenvalue weighted by atomic mass is 32.2. The van der Waals surface area contributed by atoms with E-state index in [9.17, 15) is 18.3 Å². The van der Waals surface area contributed by atoms with Crippen LogP contribution in [0.25, 0.3) is 0 Å². The molecule has 1 fully saturated rings. The minimum Gasteiger partial charge on any atom is -0.465 e. The normalized spacial score (nSPS) is 18.4. The van der Waals surface area contributed by atoms with E-state index in [0.717, 1.165) is 4.31 Å². The molecule has 2 N–H and O–H groups in total. The molecule has 0 aliphatic carbocycles. The summed E-state index contributed by atoms with van der Waals surface area (Å²) in [7, 11) is -2.24. The Morgan fingerprint density at radius 1 is 1.27 bits per heavy atom. The number of likely N-dealkylation sites (tertiary alicyclic amines) is 1. The number of likely N-dealkylation sites (N-methyl/N-ethyl adjacent to an activating group) is 1. The number of hydrogen-bond donors (Lipinski definition) is 2. The maximum atomic E-state index is 12.4. The molecule has 22 heavy (non-hydrogen) atoms. The van der Waals surface area contributed by atoms with Gasteiger partial charge in [0.25, 0.3) is 0 Å². The SMILES string of the molecule is CN(CC1(O)CCN(C(=O)O)CC1)S(=O)(=O)c1ccccc1. The highest BCUT2D eigenvalue weighted by Crippen LogP contribution is 2.25. The van der Waals surface area contributed by atoms with Gasteiger partial charge in [0, 0.05) is 26.7 Å². The van der Waals surface area contributed by atoms with E-state index in [0.29, 0.717) is 0 Å². The fourth-order valence-corrected chi connectivity index (χ4v) is 3.82. The molecule has 122 valence electrons. The second-order valence-corrected chi connectivity index (χ2v) is 7.61. The van der Waals surface area contributed by atoms with E-state index in [-0.39, 0.29) is 37.4 Å². The van der Waals surface area contributed by atoms with Crippen molar-refractivity contribution in [2.24, 2.45) is 0 Å². The lowest BCUT2D eigenvalue weighted by atomic mass is 9.91. The van der Waals surface area contributed by atoms with Gasteiger partial charge in [-0.2, -0.15) is 4.31 Å². The summed E-state index contributed by atoms with van der Waals surface area (Å²) in [5, 5.41) is 19.4. The van der Waals surface area contributed by atoms with Crippen LogP contribution in [-0.2, 0) is 10.0 Å². The van der Waals surface area contributed by atoms with Crippen molar-refractivity contribution in [2.75, 3.05) is 26.7 Å². The second-order valence-electron chi connectivity index (χ2n) is 5.57. The molecule has 1 saturated heterocycles. The quantitative estimate of drug-likeness (QED) is 0.852. The van der Waals surface area contributed by atoms with Gasteiger partial charge >= 0.3 is 6.09 Å². The first-order valence-electron chi connectivity index (χ1n) is 6.96.